The molecule has 0 atom stereocenters. The van der Waals surface area contributed by atoms with Crippen LogP contribution in [0.2, 0.25) is 0 Å². The van der Waals surface area contributed by atoms with Crippen molar-refractivity contribution in [2.24, 2.45) is 0 Å². The Morgan fingerprint density at radius 2 is 1.75 bits per heavy atom. The maximum atomic E-state index is 12.1. The molecule has 3 rings (SSSR count). The van der Waals surface area contributed by atoms with Crippen LogP contribution in [0.3, 0.4) is 0 Å². The van der Waals surface area contributed by atoms with E-state index < -0.39 is 0 Å². The number of carbonyl (C=O) groups is 1. The molecule has 0 aromatic carbocycles. The number of amides is 2. The SMILES string of the molecule is O=C(NC1CCC(O)CC1)NC1CCN(Cc2ccccn2)CC1. The monoisotopic (exact) mass is 332 g/mol. The lowest BCUT2D eigenvalue weighted by Crippen LogP contribution is -2.50. The average Bonchev–Trinajstić information content (AvgIpc) is 2.60. The molecule has 24 heavy (non-hydrogen) atoms. The van der Waals surface area contributed by atoms with Crippen LogP contribution < -0.4 is 10.6 Å². The van der Waals surface area contributed by atoms with Crippen molar-refractivity contribution in [2.45, 2.75) is 63.3 Å². The molecule has 3 N–H and O–H groups in total. The first kappa shape index (κ1) is 17.2. The van der Waals surface area contributed by atoms with Crippen molar-refractivity contribution in [3.05, 3.63) is 30.1 Å². The third-order valence-corrected chi connectivity index (χ3v) is 5.07. The zero-order valence-electron chi connectivity index (χ0n) is 14.2. The van der Waals surface area contributed by atoms with Crippen LogP contribution >= 0.6 is 0 Å². The Balaban J connectivity index is 1.35. The Bertz CT molecular complexity index is 509. The van der Waals surface area contributed by atoms with Crippen molar-refractivity contribution in [3.8, 4) is 0 Å². The van der Waals surface area contributed by atoms with Crippen molar-refractivity contribution in [1.82, 2.24) is 20.5 Å². The zero-order valence-corrected chi connectivity index (χ0v) is 14.2. The van der Waals surface area contributed by atoms with Crippen molar-refractivity contribution < 1.29 is 9.90 Å². The lowest BCUT2D eigenvalue weighted by Gasteiger charge is -2.33. The number of carbonyl (C=O) groups excluding carboxylic acids is 1. The minimum atomic E-state index is -0.186. The summed E-state index contributed by atoms with van der Waals surface area (Å²) in [4.78, 5) is 18.9. The summed E-state index contributed by atoms with van der Waals surface area (Å²) >= 11 is 0. The maximum absolute atomic E-state index is 12.1. The zero-order chi connectivity index (χ0) is 16.8. The van der Waals surface area contributed by atoms with Crippen LogP contribution in [0.1, 0.15) is 44.2 Å². The molecular weight excluding hydrogens is 304 g/mol. The number of hydrogen-bond donors (Lipinski definition) is 3. The predicted octanol–water partition coefficient (Wildman–Crippen LogP) is 1.65. The minimum absolute atomic E-state index is 0.0560. The van der Waals surface area contributed by atoms with E-state index in [0.29, 0.717) is 0 Å². The van der Waals surface area contributed by atoms with E-state index in [2.05, 4.69) is 26.6 Å². The Hall–Kier alpha value is -1.66. The maximum Gasteiger partial charge on any atom is 0.315 e. The van der Waals surface area contributed by atoms with E-state index in [0.717, 1.165) is 63.9 Å². The van der Waals surface area contributed by atoms with Crippen LogP contribution in [0.15, 0.2) is 24.4 Å². The smallest absolute Gasteiger partial charge is 0.315 e. The topological polar surface area (TPSA) is 77.5 Å². The number of urea groups is 1. The van der Waals surface area contributed by atoms with Gasteiger partial charge in [-0.3, -0.25) is 9.88 Å². The summed E-state index contributed by atoms with van der Waals surface area (Å²) in [5.41, 5.74) is 1.10. The molecular formula is C18H28N4O2. The van der Waals surface area contributed by atoms with Gasteiger partial charge in [-0.05, 0) is 50.7 Å². The standard InChI is InChI=1S/C18H28N4O2/c23-17-6-4-14(5-7-17)20-18(24)21-15-8-11-22(12-9-15)13-16-3-1-2-10-19-16/h1-3,10,14-15,17,23H,4-9,11-13H2,(H2,20,21,24). The molecule has 2 heterocycles. The lowest BCUT2D eigenvalue weighted by atomic mass is 9.93. The molecule has 1 saturated carbocycles. The molecule has 0 unspecified atom stereocenters. The molecule has 2 aliphatic rings. The van der Waals surface area contributed by atoms with Crippen molar-refractivity contribution in [2.75, 3.05) is 13.1 Å². The van der Waals surface area contributed by atoms with E-state index in [1.165, 1.54) is 0 Å². The van der Waals surface area contributed by atoms with Crippen LogP contribution in [0.4, 0.5) is 4.79 Å². The van der Waals surface area contributed by atoms with Gasteiger partial charge in [0.1, 0.15) is 0 Å². The number of pyridine rings is 1. The van der Waals surface area contributed by atoms with Gasteiger partial charge in [-0.15, -0.1) is 0 Å². The largest absolute Gasteiger partial charge is 0.393 e. The summed E-state index contributed by atoms with van der Waals surface area (Å²) in [6.07, 6.45) is 6.92. The van der Waals surface area contributed by atoms with Gasteiger partial charge in [-0.1, -0.05) is 6.07 Å². The number of nitrogens with one attached hydrogen (secondary N) is 2. The fraction of sp³-hybridized carbons (Fsp3) is 0.667. The number of nitrogens with zero attached hydrogens (tertiary/aromatic N) is 2. The molecule has 132 valence electrons. The molecule has 1 aliphatic heterocycles. The van der Waals surface area contributed by atoms with E-state index in [9.17, 15) is 9.90 Å². The first-order valence-corrected chi connectivity index (χ1v) is 9.06. The van der Waals surface area contributed by atoms with E-state index >= 15 is 0 Å². The second-order valence-corrected chi connectivity index (χ2v) is 6.99. The van der Waals surface area contributed by atoms with Crippen LogP contribution in [0.5, 0.6) is 0 Å². The lowest BCUT2D eigenvalue weighted by molar-refractivity contribution is 0.117. The Kier molecular flexibility index (Phi) is 6.04. The van der Waals surface area contributed by atoms with Crippen LogP contribution in [0.25, 0.3) is 0 Å². The highest BCUT2D eigenvalue weighted by molar-refractivity contribution is 5.74. The van der Waals surface area contributed by atoms with E-state index in [1.807, 2.05) is 18.3 Å². The number of rotatable bonds is 4. The van der Waals surface area contributed by atoms with Crippen LogP contribution in [0, 0.1) is 0 Å². The summed E-state index contributed by atoms with van der Waals surface area (Å²) in [6.45, 7) is 2.85. The second kappa shape index (κ2) is 8.44. The van der Waals surface area contributed by atoms with Gasteiger partial charge in [0.2, 0.25) is 0 Å². The van der Waals surface area contributed by atoms with E-state index in [1.54, 1.807) is 0 Å². The van der Waals surface area contributed by atoms with Gasteiger partial charge in [0.15, 0.2) is 0 Å². The highest BCUT2D eigenvalue weighted by Gasteiger charge is 2.24. The molecule has 1 aromatic rings. The number of hydrogen-bond acceptors (Lipinski definition) is 4. The molecule has 2 fully saturated rings. The third kappa shape index (κ3) is 5.18. The third-order valence-electron chi connectivity index (χ3n) is 5.07. The quantitative estimate of drug-likeness (QED) is 0.783. The summed E-state index contributed by atoms with van der Waals surface area (Å²) in [5, 5.41) is 15.7. The molecule has 1 aliphatic carbocycles. The molecule has 0 radical (unpaired) electrons. The summed E-state index contributed by atoms with van der Waals surface area (Å²) < 4.78 is 0. The molecule has 1 saturated heterocycles. The Morgan fingerprint density at radius 1 is 1.08 bits per heavy atom. The number of likely N-dealkylation sites (tertiary alicyclic amines) is 1. The first-order valence-electron chi connectivity index (χ1n) is 9.06. The van der Waals surface area contributed by atoms with Gasteiger partial charge in [-0.25, -0.2) is 4.79 Å². The fourth-order valence-electron chi connectivity index (χ4n) is 3.59. The van der Waals surface area contributed by atoms with Crippen LogP contribution in [-0.2, 0) is 6.54 Å². The Morgan fingerprint density at radius 3 is 2.38 bits per heavy atom. The second-order valence-electron chi connectivity index (χ2n) is 6.99. The first-order chi connectivity index (χ1) is 11.7. The van der Waals surface area contributed by atoms with Gasteiger partial charge < -0.3 is 15.7 Å². The average molecular weight is 332 g/mol. The van der Waals surface area contributed by atoms with Crippen molar-refractivity contribution in [1.29, 1.82) is 0 Å². The fourth-order valence-corrected chi connectivity index (χ4v) is 3.59. The molecule has 1 aromatic heterocycles. The summed E-state index contributed by atoms with van der Waals surface area (Å²) in [7, 11) is 0. The van der Waals surface area contributed by atoms with Gasteiger partial charge >= 0.3 is 6.03 Å². The van der Waals surface area contributed by atoms with Gasteiger partial charge in [0.05, 0.1) is 11.8 Å². The highest BCUT2D eigenvalue weighted by atomic mass is 16.3. The molecule has 0 spiro atoms. The molecule has 6 nitrogen and oxygen atoms in total. The molecule has 2 amide bonds. The van der Waals surface area contributed by atoms with Gasteiger partial charge in [-0.2, -0.15) is 0 Å². The molecule has 0 bridgehead atoms. The molecule has 6 heteroatoms. The van der Waals surface area contributed by atoms with Crippen molar-refractivity contribution >= 4 is 6.03 Å². The van der Waals surface area contributed by atoms with Gasteiger partial charge in [0.25, 0.3) is 0 Å². The number of aliphatic hydroxyl groups excluding tert-OH is 1. The van der Waals surface area contributed by atoms with Crippen LogP contribution in [-0.4, -0.2) is 52.3 Å². The van der Waals surface area contributed by atoms with Gasteiger partial charge in [0, 0.05) is 37.9 Å². The summed E-state index contributed by atoms with van der Waals surface area (Å²) in [6, 6.07) is 6.41. The minimum Gasteiger partial charge on any atom is -0.393 e. The van der Waals surface area contributed by atoms with Crippen molar-refractivity contribution in [3.63, 3.8) is 0 Å². The summed E-state index contributed by atoms with van der Waals surface area (Å²) in [5.74, 6) is 0. The van der Waals surface area contributed by atoms with E-state index in [-0.39, 0.29) is 24.2 Å². The highest BCUT2D eigenvalue weighted by Crippen LogP contribution is 2.18. The number of piperidine rings is 1. The normalized spacial score (nSPS) is 26.0. The number of aliphatic hydroxyl groups is 1. The Labute approximate surface area is 143 Å². The number of aromatic nitrogens is 1. The van der Waals surface area contributed by atoms with E-state index in [4.69, 9.17) is 0 Å². The predicted molar refractivity (Wildman–Crippen MR) is 92.5 cm³/mol.